The van der Waals surface area contributed by atoms with Crippen LogP contribution in [0.2, 0.25) is 0 Å². The van der Waals surface area contributed by atoms with Crippen molar-refractivity contribution in [3.05, 3.63) is 53.2 Å². The van der Waals surface area contributed by atoms with E-state index in [4.69, 9.17) is 4.74 Å². The number of hydrogen-bond donors (Lipinski definition) is 1. The molecule has 8 nitrogen and oxygen atoms in total. The van der Waals surface area contributed by atoms with Crippen molar-refractivity contribution in [3.8, 4) is 17.1 Å². The van der Waals surface area contributed by atoms with Gasteiger partial charge in [-0.2, -0.15) is 8.78 Å². The quantitative estimate of drug-likeness (QED) is 0.519. The van der Waals surface area contributed by atoms with Crippen LogP contribution in [-0.4, -0.2) is 56.6 Å². The van der Waals surface area contributed by atoms with Gasteiger partial charge in [0.25, 0.3) is 0 Å². The molecule has 0 aromatic carbocycles. The average molecular weight is 499 g/mol. The third-order valence-electron chi connectivity index (χ3n) is 6.65. The van der Waals surface area contributed by atoms with E-state index in [9.17, 15) is 13.6 Å². The maximum atomic E-state index is 13.8. The number of halogens is 2. The zero-order valence-corrected chi connectivity index (χ0v) is 21.5. The highest BCUT2D eigenvalue weighted by Gasteiger charge is 2.32. The predicted octanol–water partition coefficient (Wildman–Crippen LogP) is 4.43. The van der Waals surface area contributed by atoms with Crippen molar-refractivity contribution in [2.24, 2.45) is 7.05 Å². The standard InChI is InChI=1S/C26H32F2N6O2/c1-15-12-29-23(36-6)11-20(15)16(2)24(35)34-10-9-18(13-34)31-22-8-7-19(17(3)30-22)21-14-33(5)25(32-21)26(4,27)28/h7-8,11-12,14,16,18H,9-10,13H2,1-6H3,(H,30,31)/t16-,18-/m0/s1. The number of amides is 1. The Morgan fingerprint density at radius 1 is 1.28 bits per heavy atom. The SMILES string of the molecule is COc1cc([C@H](C)C(=O)N2CC[C@H](Nc3ccc(-c4cn(C)c(C(C)(F)F)n4)c(C)n3)C2)c(C)cn1. The Balaban J connectivity index is 1.42. The maximum Gasteiger partial charge on any atom is 0.302 e. The van der Waals surface area contributed by atoms with Gasteiger partial charge in [-0.1, -0.05) is 0 Å². The van der Waals surface area contributed by atoms with E-state index in [1.54, 1.807) is 26.6 Å². The number of imidazole rings is 1. The highest BCUT2D eigenvalue weighted by molar-refractivity contribution is 5.84. The summed E-state index contributed by atoms with van der Waals surface area (Å²) >= 11 is 0. The molecule has 0 radical (unpaired) electrons. The number of rotatable bonds is 7. The molecule has 0 unspecified atom stereocenters. The number of aromatic nitrogens is 4. The fourth-order valence-corrected chi connectivity index (χ4v) is 4.71. The molecule has 2 atom stereocenters. The van der Waals surface area contributed by atoms with Crippen LogP contribution in [0.5, 0.6) is 5.88 Å². The lowest BCUT2D eigenvalue weighted by Gasteiger charge is -2.23. The third-order valence-corrected chi connectivity index (χ3v) is 6.65. The smallest absolute Gasteiger partial charge is 0.302 e. The molecule has 1 N–H and O–H groups in total. The van der Waals surface area contributed by atoms with Gasteiger partial charge >= 0.3 is 5.92 Å². The van der Waals surface area contributed by atoms with Gasteiger partial charge in [-0.3, -0.25) is 4.79 Å². The van der Waals surface area contributed by atoms with Crippen LogP contribution in [0.15, 0.2) is 30.6 Å². The fraction of sp³-hybridized carbons (Fsp3) is 0.462. The number of pyridine rings is 2. The second-order valence-electron chi connectivity index (χ2n) is 9.50. The molecule has 1 amide bonds. The first-order chi connectivity index (χ1) is 17.0. The molecule has 0 spiro atoms. The zero-order valence-electron chi connectivity index (χ0n) is 21.5. The van der Waals surface area contributed by atoms with Crippen molar-refractivity contribution >= 4 is 11.7 Å². The summed E-state index contributed by atoms with van der Waals surface area (Å²) in [4.78, 5) is 28.0. The van der Waals surface area contributed by atoms with Crippen molar-refractivity contribution in [1.82, 2.24) is 24.4 Å². The third kappa shape index (κ3) is 5.17. The van der Waals surface area contributed by atoms with Gasteiger partial charge in [0.1, 0.15) is 5.82 Å². The first-order valence-corrected chi connectivity index (χ1v) is 11.9. The minimum atomic E-state index is -3.03. The number of anilines is 1. The molecule has 3 aromatic heterocycles. The monoisotopic (exact) mass is 498 g/mol. The summed E-state index contributed by atoms with van der Waals surface area (Å²) in [6, 6.07) is 5.54. The summed E-state index contributed by atoms with van der Waals surface area (Å²) in [5.74, 6) is -2.39. The van der Waals surface area contributed by atoms with Crippen molar-refractivity contribution in [2.75, 3.05) is 25.5 Å². The Morgan fingerprint density at radius 2 is 2.03 bits per heavy atom. The first kappa shape index (κ1) is 25.5. The molecule has 1 aliphatic heterocycles. The molecule has 4 rings (SSSR count). The Bertz CT molecular complexity index is 1270. The lowest BCUT2D eigenvalue weighted by Crippen LogP contribution is -2.34. The summed E-state index contributed by atoms with van der Waals surface area (Å²) in [6.07, 6.45) is 4.11. The van der Waals surface area contributed by atoms with Crippen LogP contribution in [0.1, 0.15) is 48.8 Å². The average Bonchev–Trinajstić information content (AvgIpc) is 3.45. The predicted molar refractivity (Wildman–Crippen MR) is 133 cm³/mol. The van der Waals surface area contributed by atoms with Gasteiger partial charge in [-0.15, -0.1) is 0 Å². The molecule has 4 heterocycles. The Hall–Kier alpha value is -3.56. The van der Waals surface area contributed by atoms with Gasteiger partial charge in [0.05, 0.1) is 18.7 Å². The maximum absolute atomic E-state index is 13.8. The number of nitrogens with zero attached hydrogens (tertiary/aromatic N) is 5. The molecular formula is C26H32F2N6O2. The molecular weight excluding hydrogens is 466 g/mol. The fourth-order valence-electron chi connectivity index (χ4n) is 4.71. The van der Waals surface area contributed by atoms with E-state index in [1.807, 2.05) is 43.9 Å². The number of alkyl halides is 2. The van der Waals surface area contributed by atoms with Crippen LogP contribution in [0.4, 0.5) is 14.6 Å². The molecule has 0 saturated carbocycles. The van der Waals surface area contributed by atoms with Crippen LogP contribution in [0, 0.1) is 13.8 Å². The normalized spacial score (nSPS) is 16.8. The highest BCUT2D eigenvalue weighted by Crippen LogP contribution is 2.31. The Morgan fingerprint density at radius 3 is 2.67 bits per heavy atom. The topological polar surface area (TPSA) is 85.2 Å². The second-order valence-corrected chi connectivity index (χ2v) is 9.50. The Labute approximate surface area is 209 Å². The van der Waals surface area contributed by atoms with E-state index in [2.05, 4.69) is 20.3 Å². The minimum absolute atomic E-state index is 0.0622. The summed E-state index contributed by atoms with van der Waals surface area (Å²) < 4.78 is 34.1. The largest absolute Gasteiger partial charge is 0.481 e. The number of hydrogen-bond acceptors (Lipinski definition) is 6. The van der Waals surface area contributed by atoms with Crippen LogP contribution in [0.25, 0.3) is 11.3 Å². The highest BCUT2D eigenvalue weighted by atomic mass is 19.3. The lowest BCUT2D eigenvalue weighted by molar-refractivity contribution is -0.131. The van der Waals surface area contributed by atoms with Crippen LogP contribution in [0.3, 0.4) is 0 Å². The molecule has 1 saturated heterocycles. The Kier molecular flexibility index (Phi) is 6.97. The molecule has 0 bridgehead atoms. The van der Waals surface area contributed by atoms with E-state index in [1.165, 1.54) is 4.57 Å². The zero-order chi connectivity index (χ0) is 26.2. The number of aryl methyl sites for hydroxylation is 3. The summed E-state index contributed by atoms with van der Waals surface area (Å²) in [7, 11) is 3.12. The lowest BCUT2D eigenvalue weighted by atomic mass is 9.97. The number of likely N-dealkylation sites (tertiary alicyclic amines) is 1. The number of carbonyl (C=O) groups is 1. The van der Waals surface area contributed by atoms with Crippen molar-refractivity contribution in [3.63, 3.8) is 0 Å². The molecule has 10 heteroatoms. The first-order valence-electron chi connectivity index (χ1n) is 11.9. The van der Waals surface area contributed by atoms with Crippen molar-refractivity contribution in [1.29, 1.82) is 0 Å². The van der Waals surface area contributed by atoms with Crippen LogP contribution in [-0.2, 0) is 17.8 Å². The molecule has 3 aromatic rings. The summed E-state index contributed by atoms with van der Waals surface area (Å²) in [5.41, 5.74) is 3.71. The van der Waals surface area contributed by atoms with Gasteiger partial charge in [0, 0.05) is 62.8 Å². The number of methoxy groups -OCH3 is 1. The van der Waals surface area contributed by atoms with Gasteiger partial charge in [-0.05, 0) is 50.5 Å². The minimum Gasteiger partial charge on any atom is -0.481 e. The molecule has 192 valence electrons. The molecule has 0 aliphatic carbocycles. The summed E-state index contributed by atoms with van der Waals surface area (Å²) in [6.45, 7) is 7.74. The van der Waals surface area contributed by atoms with Gasteiger partial charge in [0.15, 0.2) is 5.82 Å². The summed E-state index contributed by atoms with van der Waals surface area (Å²) in [5, 5.41) is 3.41. The van der Waals surface area contributed by atoms with Crippen LogP contribution >= 0.6 is 0 Å². The number of ether oxygens (including phenoxy) is 1. The number of carbonyl (C=O) groups excluding carboxylic acids is 1. The van der Waals surface area contributed by atoms with E-state index in [-0.39, 0.29) is 23.7 Å². The van der Waals surface area contributed by atoms with Crippen molar-refractivity contribution < 1.29 is 18.3 Å². The molecule has 36 heavy (non-hydrogen) atoms. The second kappa shape index (κ2) is 9.83. The van der Waals surface area contributed by atoms with Crippen LogP contribution < -0.4 is 10.1 Å². The van der Waals surface area contributed by atoms with Crippen molar-refractivity contribution in [2.45, 2.75) is 52.0 Å². The van der Waals surface area contributed by atoms with Gasteiger partial charge < -0.3 is 19.5 Å². The van der Waals surface area contributed by atoms with E-state index >= 15 is 0 Å². The van der Waals surface area contributed by atoms with E-state index in [0.29, 0.717) is 41.7 Å². The molecule has 1 aliphatic rings. The molecule has 1 fully saturated rings. The van der Waals surface area contributed by atoms with Gasteiger partial charge in [0.2, 0.25) is 11.8 Å². The van der Waals surface area contributed by atoms with E-state index < -0.39 is 5.92 Å². The number of nitrogens with one attached hydrogen (secondary N) is 1. The van der Waals surface area contributed by atoms with E-state index in [0.717, 1.165) is 24.5 Å². The van der Waals surface area contributed by atoms with Gasteiger partial charge in [-0.25, -0.2) is 15.0 Å².